The minimum absolute atomic E-state index is 0.0130. The summed E-state index contributed by atoms with van der Waals surface area (Å²) in [6.45, 7) is 3.55. The van der Waals surface area contributed by atoms with Crippen molar-refractivity contribution in [2.75, 3.05) is 0 Å². The summed E-state index contributed by atoms with van der Waals surface area (Å²) in [7, 11) is 1.97. The van der Waals surface area contributed by atoms with Gasteiger partial charge in [0.15, 0.2) is 5.60 Å². The molecule has 0 amide bonds. The Kier molecular flexibility index (Phi) is 2.46. The standard InChI is InChI=1S/C13H15NO2/c1-13(2)12(15)9-11(16-13)7-6-10-5-4-8-14(10)3/h4-9H,1-3H3. The van der Waals surface area contributed by atoms with E-state index in [1.807, 2.05) is 42.1 Å². The van der Waals surface area contributed by atoms with E-state index in [0.717, 1.165) is 5.69 Å². The van der Waals surface area contributed by atoms with Crippen LogP contribution in [0.4, 0.5) is 0 Å². The normalized spacial score (nSPS) is 18.9. The minimum atomic E-state index is -0.714. The third kappa shape index (κ3) is 1.94. The zero-order valence-corrected chi connectivity index (χ0v) is 9.73. The van der Waals surface area contributed by atoms with Crippen LogP contribution in [0.5, 0.6) is 0 Å². The van der Waals surface area contributed by atoms with Crippen molar-refractivity contribution in [2.24, 2.45) is 7.05 Å². The quantitative estimate of drug-likeness (QED) is 0.761. The van der Waals surface area contributed by atoms with Crippen molar-refractivity contribution in [3.63, 3.8) is 0 Å². The summed E-state index contributed by atoms with van der Waals surface area (Å²) in [5.41, 5.74) is 0.357. The lowest BCUT2D eigenvalue weighted by Crippen LogP contribution is -2.27. The van der Waals surface area contributed by atoms with Gasteiger partial charge in [0.25, 0.3) is 0 Å². The summed E-state index contributed by atoms with van der Waals surface area (Å²) in [6, 6.07) is 3.97. The number of aryl methyl sites for hydroxylation is 1. The first-order valence-corrected chi connectivity index (χ1v) is 5.23. The molecule has 1 aliphatic heterocycles. The lowest BCUT2D eigenvalue weighted by atomic mass is 10.1. The molecule has 0 N–H and O–H groups in total. The van der Waals surface area contributed by atoms with Crippen LogP contribution in [0.2, 0.25) is 0 Å². The van der Waals surface area contributed by atoms with Crippen LogP contribution in [-0.2, 0) is 16.6 Å². The molecule has 0 saturated heterocycles. The van der Waals surface area contributed by atoms with Gasteiger partial charge < -0.3 is 9.30 Å². The summed E-state index contributed by atoms with van der Waals surface area (Å²) < 4.78 is 7.51. The van der Waals surface area contributed by atoms with Crippen molar-refractivity contribution >= 4 is 11.9 Å². The Hall–Kier alpha value is -1.77. The molecular formula is C13H15NO2. The van der Waals surface area contributed by atoms with Gasteiger partial charge in [0.05, 0.1) is 0 Å². The van der Waals surface area contributed by atoms with Gasteiger partial charge in [-0.3, -0.25) is 4.79 Å². The van der Waals surface area contributed by atoms with Gasteiger partial charge in [0.2, 0.25) is 5.78 Å². The first-order valence-electron chi connectivity index (χ1n) is 5.23. The Morgan fingerprint density at radius 3 is 2.62 bits per heavy atom. The molecule has 0 spiro atoms. The average molecular weight is 217 g/mol. The molecule has 0 radical (unpaired) electrons. The molecule has 1 aliphatic rings. The summed E-state index contributed by atoms with van der Waals surface area (Å²) in [5.74, 6) is 0.634. The second kappa shape index (κ2) is 3.67. The van der Waals surface area contributed by atoms with Crippen LogP contribution in [-0.4, -0.2) is 16.0 Å². The molecule has 2 heterocycles. The van der Waals surface area contributed by atoms with E-state index in [4.69, 9.17) is 4.74 Å². The molecule has 0 bridgehead atoms. The molecule has 2 rings (SSSR count). The molecule has 0 aromatic carbocycles. The molecule has 3 heteroatoms. The smallest absolute Gasteiger partial charge is 0.202 e. The molecule has 0 atom stereocenters. The fourth-order valence-corrected chi connectivity index (χ4v) is 1.57. The second-order valence-electron chi connectivity index (χ2n) is 4.40. The van der Waals surface area contributed by atoms with Crippen LogP contribution in [0, 0.1) is 0 Å². The monoisotopic (exact) mass is 217 g/mol. The highest BCUT2D eigenvalue weighted by Crippen LogP contribution is 2.25. The van der Waals surface area contributed by atoms with Crippen LogP contribution in [0.3, 0.4) is 0 Å². The first kappa shape index (κ1) is 10.7. The van der Waals surface area contributed by atoms with E-state index in [-0.39, 0.29) is 5.78 Å². The van der Waals surface area contributed by atoms with Crippen LogP contribution in [0.15, 0.2) is 36.2 Å². The van der Waals surface area contributed by atoms with Gasteiger partial charge in [-0.2, -0.15) is 0 Å². The van der Waals surface area contributed by atoms with E-state index in [9.17, 15) is 4.79 Å². The number of nitrogens with zero attached hydrogens (tertiary/aromatic N) is 1. The number of aromatic nitrogens is 1. The Labute approximate surface area is 95.0 Å². The number of rotatable bonds is 2. The predicted molar refractivity (Wildman–Crippen MR) is 62.7 cm³/mol. The van der Waals surface area contributed by atoms with E-state index in [2.05, 4.69) is 0 Å². The number of allylic oxidation sites excluding steroid dienone is 1. The number of carbonyl (C=O) groups is 1. The molecule has 1 aromatic heterocycles. The Balaban J connectivity index is 2.14. The van der Waals surface area contributed by atoms with Gasteiger partial charge in [-0.05, 0) is 38.1 Å². The third-order valence-corrected chi connectivity index (χ3v) is 2.64. The van der Waals surface area contributed by atoms with Gasteiger partial charge in [-0.15, -0.1) is 0 Å². The molecule has 0 fully saturated rings. The highest BCUT2D eigenvalue weighted by atomic mass is 16.5. The molecule has 0 unspecified atom stereocenters. The summed E-state index contributed by atoms with van der Waals surface area (Å²) in [6.07, 6.45) is 7.26. The number of ether oxygens (including phenoxy) is 1. The molecular weight excluding hydrogens is 202 g/mol. The number of hydrogen-bond acceptors (Lipinski definition) is 2. The molecule has 16 heavy (non-hydrogen) atoms. The van der Waals surface area contributed by atoms with Crippen LogP contribution in [0.1, 0.15) is 19.5 Å². The third-order valence-electron chi connectivity index (χ3n) is 2.64. The molecule has 0 saturated carbocycles. The van der Waals surface area contributed by atoms with Crippen LogP contribution in [0.25, 0.3) is 6.08 Å². The Morgan fingerprint density at radius 1 is 1.38 bits per heavy atom. The number of ketones is 1. The van der Waals surface area contributed by atoms with Crippen molar-refractivity contribution in [3.8, 4) is 0 Å². The van der Waals surface area contributed by atoms with Crippen molar-refractivity contribution in [2.45, 2.75) is 19.4 Å². The van der Waals surface area contributed by atoms with E-state index in [1.54, 1.807) is 19.9 Å². The average Bonchev–Trinajstić information content (AvgIpc) is 2.69. The maximum atomic E-state index is 11.5. The largest absolute Gasteiger partial charge is 0.480 e. The van der Waals surface area contributed by atoms with Gasteiger partial charge >= 0.3 is 0 Å². The highest BCUT2D eigenvalue weighted by Gasteiger charge is 2.33. The topological polar surface area (TPSA) is 31.2 Å². The van der Waals surface area contributed by atoms with E-state index < -0.39 is 5.60 Å². The highest BCUT2D eigenvalue weighted by molar-refractivity contribution is 5.99. The zero-order valence-electron chi connectivity index (χ0n) is 9.73. The van der Waals surface area contributed by atoms with E-state index >= 15 is 0 Å². The van der Waals surface area contributed by atoms with Crippen molar-refractivity contribution in [3.05, 3.63) is 41.9 Å². The molecule has 3 nitrogen and oxygen atoms in total. The summed E-state index contributed by atoms with van der Waals surface area (Å²) in [5, 5.41) is 0. The molecule has 1 aromatic rings. The lowest BCUT2D eigenvalue weighted by Gasteiger charge is -2.16. The maximum Gasteiger partial charge on any atom is 0.202 e. The fourth-order valence-electron chi connectivity index (χ4n) is 1.57. The zero-order chi connectivity index (χ0) is 11.8. The van der Waals surface area contributed by atoms with Crippen LogP contribution < -0.4 is 0 Å². The van der Waals surface area contributed by atoms with Gasteiger partial charge in [0, 0.05) is 25.0 Å². The number of hydrogen-bond donors (Lipinski definition) is 0. The van der Waals surface area contributed by atoms with Gasteiger partial charge in [-0.1, -0.05) is 0 Å². The van der Waals surface area contributed by atoms with Gasteiger partial charge in [0.1, 0.15) is 5.76 Å². The summed E-state index contributed by atoms with van der Waals surface area (Å²) in [4.78, 5) is 11.5. The molecule has 84 valence electrons. The van der Waals surface area contributed by atoms with Crippen molar-refractivity contribution in [1.82, 2.24) is 4.57 Å². The predicted octanol–water partition coefficient (Wildman–Crippen LogP) is 2.30. The SMILES string of the molecule is Cn1cccc1C=CC1=CC(=O)C(C)(C)O1. The Bertz CT molecular complexity index is 478. The number of carbonyl (C=O) groups excluding carboxylic acids is 1. The van der Waals surface area contributed by atoms with Crippen molar-refractivity contribution in [1.29, 1.82) is 0 Å². The fraction of sp³-hybridized carbons (Fsp3) is 0.308. The molecule has 0 aliphatic carbocycles. The maximum absolute atomic E-state index is 11.5. The van der Waals surface area contributed by atoms with Crippen LogP contribution >= 0.6 is 0 Å². The van der Waals surface area contributed by atoms with Crippen molar-refractivity contribution < 1.29 is 9.53 Å². The van der Waals surface area contributed by atoms with Gasteiger partial charge in [-0.25, -0.2) is 0 Å². The first-order chi connectivity index (χ1) is 7.49. The van der Waals surface area contributed by atoms with E-state index in [1.165, 1.54) is 0 Å². The Morgan fingerprint density at radius 2 is 2.12 bits per heavy atom. The van der Waals surface area contributed by atoms with E-state index in [0.29, 0.717) is 5.76 Å². The summed E-state index contributed by atoms with van der Waals surface area (Å²) >= 11 is 0. The lowest BCUT2D eigenvalue weighted by molar-refractivity contribution is -0.126. The minimum Gasteiger partial charge on any atom is -0.480 e. The second-order valence-corrected chi connectivity index (χ2v) is 4.40.